The first-order valence-corrected chi connectivity index (χ1v) is 8.71. The molecule has 0 saturated heterocycles. The summed E-state index contributed by atoms with van der Waals surface area (Å²) in [6.45, 7) is 7.55. The molecule has 0 spiro atoms. The Bertz CT molecular complexity index is 772. The molecule has 0 aliphatic carbocycles. The van der Waals surface area contributed by atoms with Crippen LogP contribution in [0, 0.1) is 5.92 Å². The van der Waals surface area contributed by atoms with Crippen LogP contribution in [-0.2, 0) is 4.79 Å². The number of nitrogens with two attached hydrogens (primary N) is 1. The van der Waals surface area contributed by atoms with Crippen molar-refractivity contribution >= 4 is 29.9 Å². The third-order valence-corrected chi connectivity index (χ3v) is 4.02. The Balaban J connectivity index is 0.00000364. The molecule has 0 heterocycles. The van der Waals surface area contributed by atoms with Crippen molar-refractivity contribution in [3.63, 3.8) is 0 Å². The molecule has 0 radical (unpaired) electrons. The predicted molar refractivity (Wildman–Crippen MR) is 112 cm³/mol. The summed E-state index contributed by atoms with van der Waals surface area (Å²) in [5.41, 5.74) is 7.87. The van der Waals surface area contributed by atoms with E-state index in [-0.39, 0.29) is 29.8 Å². The first kappa shape index (κ1) is 22.7. The van der Waals surface area contributed by atoms with E-state index in [4.69, 9.17) is 5.73 Å². The summed E-state index contributed by atoms with van der Waals surface area (Å²) >= 11 is 0. The number of halogens is 1. The Hall–Kier alpha value is -2.37. The van der Waals surface area contributed by atoms with Gasteiger partial charge in [-0.3, -0.25) is 9.59 Å². The molecule has 4 N–H and O–H groups in total. The maximum absolute atomic E-state index is 12.5. The molecule has 5 nitrogen and oxygen atoms in total. The van der Waals surface area contributed by atoms with Crippen molar-refractivity contribution in [1.82, 2.24) is 5.32 Å². The van der Waals surface area contributed by atoms with Gasteiger partial charge in [0.1, 0.15) is 0 Å². The first-order chi connectivity index (χ1) is 12.2. The van der Waals surface area contributed by atoms with Crippen LogP contribution in [0.3, 0.4) is 0 Å². The van der Waals surface area contributed by atoms with Gasteiger partial charge in [-0.15, -0.1) is 12.4 Å². The summed E-state index contributed by atoms with van der Waals surface area (Å²) < 4.78 is 0. The van der Waals surface area contributed by atoms with Crippen LogP contribution < -0.4 is 16.4 Å². The van der Waals surface area contributed by atoms with Gasteiger partial charge in [-0.1, -0.05) is 43.3 Å². The van der Waals surface area contributed by atoms with Crippen molar-refractivity contribution in [1.29, 1.82) is 0 Å². The highest BCUT2D eigenvalue weighted by Crippen LogP contribution is 2.21. The number of benzene rings is 2. The minimum Gasteiger partial charge on any atom is -0.347 e. The lowest BCUT2D eigenvalue weighted by Crippen LogP contribution is -2.40. The lowest BCUT2D eigenvalue weighted by atomic mass is 9.94. The van der Waals surface area contributed by atoms with Gasteiger partial charge in [0, 0.05) is 22.8 Å². The zero-order valence-corrected chi connectivity index (χ0v) is 17.0. The summed E-state index contributed by atoms with van der Waals surface area (Å²) in [7, 11) is 0. The van der Waals surface area contributed by atoms with Crippen LogP contribution in [0.5, 0.6) is 0 Å². The molecule has 0 aromatic heterocycles. The third-order valence-electron chi connectivity index (χ3n) is 4.02. The molecular weight excluding hydrogens is 362 g/mol. The van der Waals surface area contributed by atoms with Crippen LogP contribution in [0.4, 0.5) is 5.69 Å². The number of carbonyl (C=O) groups is 2. The minimum absolute atomic E-state index is 0. The highest BCUT2D eigenvalue weighted by Gasteiger charge is 2.22. The quantitative estimate of drug-likeness (QED) is 0.724. The monoisotopic (exact) mass is 389 g/mol. The molecule has 0 bridgehead atoms. The van der Waals surface area contributed by atoms with Gasteiger partial charge in [0.15, 0.2) is 0 Å². The molecule has 2 rings (SSSR count). The summed E-state index contributed by atoms with van der Waals surface area (Å²) in [4.78, 5) is 24.8. The van der Waals surface area contributed by atoms with E-state index in [9.17, 15) is 9.59 Å². The maximum Gasteiger partial charge on any atom is 0.251 e. The zero-order chi connectivity index (χ0) is 19.3. The molecule has 0 aliphatic rings. The van der Waals surface area contributed by atoms with Gasteiger partial charge in [-0.2, -0.15) is 0 Å². The average molecular weight is 390 g/mol. The molecule has 6 heteroatoms. The van der Waals surface area contributed by atoms with E-state index in [2.05, 4.69) is 10.6 Å². The largest absolute Gasteiger partial charge is 0.347 e. The first-order valence-electron chi connectivity index (χ1n) is 8.71. The van der Waals surface area contributed by atoms with E-state index < -0.39 is 12.0 Å². The fraction of sp³-hybridized carbons (Fsp3) is 0.333. The number of nitrogens with one attached hydrogen (secondary N) is 2. The van der Waals surface area contributed by atoms with E-state index in [1.807, 2.05) is 51.1 Å². The standard InChI is InChI=1S/C21H27N3O2.ClH/c1-14(18(22)15-9-6-5-7-10-15)19(25)23-17-12-8-11-16(13-17)20(26)24-21(2,3)4;/h5-14,18H,22H2,1-4H3,(H,23,25)(H,24,26);1H. The van der Waals surface area contributed by atoms with Crippen molar-refractivity contribution < 1.29 is 9.59 Å². The van der Waals surface area contributed by atoms with Gasteiger partial charge in [-0.05, 0) is 44.5 Å². The van der Waals surface area contributed by atoms with Gasteiger partial charge in [0.25, 0.3) is 5.91 Å². The van der Waals surface area contributed by atoms with Crippen LogP contribution in [0.1, 0.15) is 49.7 Å². The highest BCUT2D eigenvalue weighted by atomic mass is 35.5. The highest BCUT2D eigenvalue weighted by molar-refractivity contribution is 5.98. The molecule has 146 valence electrons. The SMILES string of the molecule is CC(C(=O)Nc1cccc(C(=O)NC(C)(C)C)c1)C(N)c1ccccc1.Cl. The average Bonchev–Trinajstić information content (AvgIpc) is 2.60. The second-order valence-corrected chi connectivity index (χ2v) is 7.50. The van der Waals surface area contributed by atoms with Crippen LogP contribution in [0.2, 0.25) is 0 Å². The maximum atomic E-state index is 12.5. The number of carbonyl (C=O) groups excluding carboxylic acids is 2. The topological polar surface area (TPSA) is 84.2 Å². The number of anilines is 1. The van der Waals surface area contributed by atoms with Crippen molar-refractivity contribution in [2.75, 3.05) is 5.32 Å². The predicted octanol–water partition coefficient (Wildman–Crippen LogP) is 3.91. The molecule has 0 aliphatic heterocycles. The molecule has 0 saturated carbocycles. The fourth-order valence-corrected chi connectivity index (χ4v) is 2.53. The van der Waals surface area contributed by atoms with E-state index in [1.165, 1.54) is 0 Å². The Kier molecular flexibility index (Phi) is 8.00. The number of rotatable bonds is 5. The van der Waals surface area contributed by atoms with Crippen LogP contribution in [-0.4, -0.2) is 17.4 Å². The van der Waals surface area contributed by atoms with Crippen LogP contribution in [0.15, 0.2) is 54.6 Å². The van der Waals surface area contributed by atoms with Crippen molar-refractivity contribution in [3.05, 3.63) is 65.7 Å². The van der Waals surface area contributed by atoms with Gasteiger partial charge < -0.3 is 16.4 Å². The fourth-order valence-electron chi connectivity index (χ4n) is 2.53. The van der Waals surface area contributed by atoms with Gasteiger partial charge in [0.05, 0.1) is 5.92 Å². The molecule has 27 heavy (non-hydrogen) atoms. The van der Waals surface area contributed by atoms with Crippen molar-refractivity contribution in [3.8, 4) is 0 Å². The van der Waals surface area contributed by atoms with Gasteiger partial charge in [-0.25, -0.2) is 0 Å². The van der Waals surface area contributed by atoms with Crippen LogP contribution in [0.25, 0.3) is 0 Å². The Morgan fingerprint density at radius 2 is 1.63 bits per heavy atom. The lowest BCUT2D eigenvalue weighted by Gasteiger charge is -2.21. The van der Waals surface area contributed by atoms with Gasteiger partial charge in [0.2, 0.25) is 5.91 Å². The van der Waals surface area contributed by atoms with Crippen molar-refractivity contribution in [2.45, 2.75) is 39.3 Å². The zero-order valence-electron chi connectivity index (χ0n) is 16.2. The van der Waals surface area contributed by atoms with E-state index in [0.29, 0.717) is 11.3 Å². The lowest BCUT2D eigenvalue weighted by molar-refractivity contribution is -0.120. The molecule has 2 aromatic carbocycles. The van der Waals surface area contributed by atoms with Crippen molar-refractivity contribution in [2.24, 2.45) is 11.7 Å². The second-order valence-electron chi connectivity index (χ2n) is 7.50. The Morgan fingerprint density at radius 3 is 2.22 bits per heavy atom. The summed E-state index contributed by atoms with van der Waals surface area (Å²) in [6.07, 6.45) is 0. The third kappa shape index (κ3) is 6.70. The van der Waals surface area contributed by atoms with Gasteiger partial charge >= 0.3 is 0 Å². The number of hydrogen-bond donors (Lipinski definition) is 3. The Morgan fingerprint density at radius 1 is 1.00 bits per heavy atom. The molecule has 2 unspecified atom stereocenters. The minimum atomic E-state index is -0.413. The number of amides is 2. The normalized spacial score (nSPS) is 13.1. The van der Waals surface area contributed by atoms with E-state index in [0.717, 1.165) is 5.56 Å². The Labute approximate surface area is 167 Å². The molecular formula is C21H28ClN3O2. The molecule has 2 amide bonds. The smallest absolute Gasteiger partial charge is 0.251 e. The van der Waals surface area contributed by atoms with Crippen LogP contribution >= 0.6 is 12.4 Å². The second kappa shape index (κ2) is 9.53. The number of hydrogen-bond acceptors (Lipinski definition) is 3. The summed E-state index contributed by atoms with van der Waals surface area (Å²) in [6, 6.07) is 16.0. The molecule has 0 fully saturated rings. The summed E-state index contributed by atoms with van der Waals surface area (Å²) in [5.74, 6) is -0.776. The molecule has 2 aromatic rings. The van der Waals surface area contributed by atoms with E-state index in [1.54, 1.807) is 31.2 Å². The summed E-state index contributed by atoms with van der Waals surface area (Å²) in [5, 5.41) is 5.76. The van der Waals surface area contributed by atoms with E-state index >= 15 is 0 Å². The molecule has 2 atom stereocenters.